The topological polar surface area (TPSA) is 17.1 Å². The molecule has 0 N–H and O–H groups in total. The molecule has 1 heteroatoms. The lowest BCUT2D eigenvalue weighted by Gasteiger charge is -2.26. The van der Waals surface area contributed by atoms with Gasteiger partial charge in [0.1, 0.15) is 6.29 Å². The van der Waals surface area contributed by atoms with Crippen molar-refractivity contribution in [1.82, 2.24) is 0 Å². The predicted octanol–water partition coefficient (Wildman–Crippen LogP) is 3.62. The van der Waals surface area contributed by atoms with Crippen LogP contribution in [0.5, 0.6) is 0 Å². The average molecular weight is 204 g/mol. The third kappa shape index (κ3) is 3.19. The first kappa shape index (κ1) is 12.0. The molecule has 0 fully saturated rings. The Bertz CT molecular complexity index is 291. The lowest BCUT2D eigenvalue weighted by Crippen LogP contribution is -2.24. The molecule has 1 aromatic rings. The highest BCUT2D eigenvalue weighted by molar-refractivity contribution is 5.60. The molecule has 82 valence electrons. The second-order valence-corrected chi connectivity index (χ2v) is 4.25. The first-order valence-electron chi connectivity index (χ1n) is 5.76. The summed E-state index contributed by atoms with van der Waals surface area (Å²) in [6.45, 7) is 4.24. The zero-order chi connectivity index (χ0) is 11.1. The summed E-state index contributed by atoms with van der Waals surface area (Å²) in [4.78, 5) is 11.3. The van der Waals surface area contributed by atoms with Crippen LogP contribution in [-0.4, -0.2) is 6.29 Å². The van der Waals surface area contributed by atoms with Gasteiger partial charge in [0.05, 0.1) is 0 Å². The van der Waals surface area contributed by atoms with Crippen molar-refractivity contribution >= 4 is 6.29 Å². The first-order chi connectivity index (χ1) is 7.26. The van der Waals surface area contributed by atoms with E-state index in [0.717, 1.165) is 32.0 Å². The molecule has 0 aliphatic rings. The van der Waals surface area contributed by atoms with Crippen LogP contribution in [0.2, 0.25) is 0 Å². The normalized spacial score (nSPS) is 14.5. The van der Waals surface area contributed by atoms with Crippen LogP contribution in [0.4, 0.5) is 0 Å². The summed E-state index contributed by atoms with van der Waals surface area (Å²) in [5, 5.41) is 0. The standard InChI is InChI=1S/C14H20O/c1-3-10-14(4-2,12-15)11-13-8-6-5-7-9-13/h5-9,12H,3-4,10-11H2,1-2H3. The zero-order valence-corrected chi connectivity index (χ0v) is 9.70. The summed E-state index contributed by atoms with van der Waals surface area (Å²) in [5.41, 5.74) is 1.12. The lowest BCUT2D eigenvalue weighted by atomic mass is 9.77. The Balaban J connectivity index is 2.78. The van der Waals surface area contributed by atoms with E-state index in [0.29, 0.717) is 0 Å². The van der Waals surface area contributed by atoms with Crippen LogP contribution in [0, 0.1) is 5.41 Å². The summed E-state index contributed by atoms with van der Waals surface area (Å²) < 4.78 is 0. The number of rotatable bonds is 6. The summed E-state index contributed by atoms with van der Waals surface area (Å²) in [5.74, 6) is 0. The SMILES string of the molecule is CCCC(C=O)(CC)Cc1ccccc1. The number of benzene rings is 1. The van der Waals surface area contributed by atoms with Gasteiger partial charge in [0.25, 0.3) is 0 Å². The van der Waals surface area contributed by atoms with Crippen molar-refractivity contribution in [3.05, 3.63) is 35.9 Å². The number of hydrogen-bond acceptors (Lipinski definition) is 1. The van der Waals surface area contributed by atoms with Gasteiger partial charge >= 0.3 is 0 Å². The van der Waals surface area contributed by atoms with E-state index in [2.05, 4.69) is 26.0 Å². The van der Waals surface area contributed by atoms with E-state index in [-0.39, 0.29) is 5.41 Å². The van der Waals surface area contributed by atoms with Gasteiger partial charge < -0.3 is 4.79 Å². The zero-order valence-electron chi connectivity index (χ0n) is 9.70. The molecule has 0 amide bonds. The van der Waals surface area contributed by atoms with Crippen LogP contribution in [0.15, 0.2) is 30.3 Å². The molecule has 1 unspecified atom stereocenters. The Labute approximate surface area is 92.5 Å². The second kappa shape index (κ2) is 5.69. The van der Waals surface area contributed by atoms with Crippen molar-refractivity contribution in [2.45, 2.75) is 39.5 Å². The van der Waals surface area contributed by atoms with Gasteiger partial charge in [-0.15, -0.1) is 0 Å². The van der Waals surface area contributed by atoms with Gasteiger partial charge in [0.15, 0.2) is 0 Å². The van der Waals surface area contributed by atoms with Crippen LogP contribution in [0.25, 0.3) is 0 Å². The molecule has 0 radical (unpaired) electrons. The monoisotopic (exact) mass is 204 g/mol. The summed E-state index contributed by atoms with van der Waals surface area (Å²) in [6, 6.07) is 10.3. The minimum Gasteiger partial charge on any atom is -0.303 e. The van der Waals surface area contributed by atoms with E-state index < -0.39 is 0 Å². The van der Waals surface area contributed by atoms with Crippen molar-refractivity contribution < 1.29 is 4.79 Å². The third-order valence-electron chi connectivity index (χ3n) is 3.10. The Morgan fingerprint density at radius 2 is 1.87 bits per heavy atom. The molecule has 1 nitrogen and oxygen atoms in total. The van der Waals surface area contributed by atoms with Crippen molar-refractivity contribution in [2.24, 2.45) is 5.41 Å². The van der Waals surface area contributed by atoms with Gasteiger partial charge in [-0.25, -0.2) is 0 Å². The number of carbonyl (C=O) groups excluding carboxylic acids is 1. The fraction of sp³-hybridized carbons (Fsp3) is 0.500. The molecule has 15 heavy (non-hydrogen) atoms. The van der Waals surface area contributed by atoms with E-state index in [1.165, 1.54) is 5.56 Å². The molecular formula is C14H20O. The molecule has 0 aliphatic carbocycles. The molecule has 0 bridgehead atoms. The Morgan fingerprint density at radius 1 is 1.20 bits per heavy atom. The van der Waals surface area contributed by atoms with Gasteiger partial charge in [0, 0.05) is 5.41 Å². The minimum atomic E-state index is -0.143. The van der Waals surface area contributed by atoms with Crippen molar-refractivity contribution in [3.63, 3.8) is 0 Å². The highest BCUT2D eigenvalue weighted by Crippen LogP contribution is 2.30. The van der Waals surface area contributed by atoms with Crippen molar-refractivity contribution in [1.29, 1.82) is 0 Å². The smallest absolute Gasteiger partial charge is 0.126 e. The molecule has 1 atom stereocenters. The van der Waals surface area contributed by atoms with Gasteiger partial charge in [-0.1, -0.05) is 50.6 Å². The third-order valence-corrected chi connectivity index (χ3v) is 3.10. The van der Waals surface area contributed by atoms with Gasteiger partial charge in [-0.2, -0.15) is 0 Å². The van der Waals surface area contributed by atoms with E-state index in [9.17, 15) is 4.79 Å². The first-order valence-corrected chi connectivity index (χ1v) is 5.76. The van der Waals surface area contributed by atoms with Crippen molar-refractivity contribution in [3.8, 4) is 0 Å². The minimum absolute atomic E-state index is 0.143. The molecule has 0 saturated heterocycles. The maximum Gasteiger partial charge on any atom is 0.126 e. The van der Waals surface area contributed by atoms with E-state index in [4.69, 9.17) is 0 Å². The Kier molecular flexibility index (Phi) is 4.54. The van der Waals surface area contributed by atoms with Gasteiger partial charge in [-0.3, -0.25) is 0 Å². The van der Waals surface area contributed by atoms with E-state index >= 15 is 0 Å². The Hall–Kier alpha value is -1.11. The van der Waals surface area contributed by atoms with Crippen LogP contribution < -0.4 is 0 Å². The fourth-order valence-corrected chi connectivity index (χ4v) is 2.07. The van der Waals surface area contributed by atoms with Gasteiger partial charge in [0.2, 0.25) is 0 Å². The van der Waals surface area contributed by atoms with E-state index in [1.54, 1.807) is 0 Å². The largest absolute Gasteiger partial charge is 0.303 e. The molecule has 1 rings (SSSR count). The predicted molar refractivity (Wildman–Crippen MR) is 63.8 cm³/mol. The number of hydrogen-bond donors (Lipinski definition) is 0. The maximum atomic E-state index is 11.3. The number of carbonyl (C=O) groups is 1. The molecule has 0 aromatic heterocycles. The van der Waals surface area contributed by atoms with Crippen molar-refractivity contribution in [2.75, 3.05) is 0 Å². The molecule has 0 spiro atoms. The lowest BCUT2D eigenvalue weighted by molar-refractivity contribution is -0.116. The number of aldehydes is 1. The van der Waals surface area contributed by atoms with Crippen LogP contribution in [-0.2, 0) is 11.2 Å². The quantitative estimate of drug-likeness (QED) is 0.647. The maximum absolute atomic E-state index is 11.3. The van der Waals surface area contributed by atoms with Crippen LogP contribution in [0.3, 0.4) is 0 Å². The van der Waals surface area contributed by atoms with E-state index in [1.807, 2.05) is 18.2 Å². The summed E-state index contributed by atoms with van der Waals surface area (Å²) in [7, 11) is 0. The molecule has 0 aliphatic heterocycles. The van der Waals surface area contributed by atoms with Crippen LogP contribution >= 0.6 is 0 Å². The summed E-state index contributed by atoms with van der Waals surface area (Å²) >= 11 is 0. The molecule has 0 heterocycles. The summed E-state index contributed by atoms with van der Waals surface area (Å²) in [6.07, 6.45) is 5.02. The average Bonchev–Trinajstić information content (AvgIpc) is 2.30. The highest BCUT2D eigenvalue weighted by Gasteiger charge is 2.26. The Morgan fingerprint density at radius 3 is 2.33 bits per heavy atom. The molecule has 0 saturated carbocycles. The van der Waals surface area contributed by atoms with Crippen LogP contribution in [0.1, 0.15) is 38.7 Å². The second-order valence-electron chi connectivity index (χ2n) is 4.25. The molecule has 1 aromatic carbocycles. The fourth-order valence-electron chi connectivity index (χ4n) is 2.07. The van der Waals surface area contributed by atoms with Gasteiger partial charge in [-0.05, 0) is 24.8 Å². The molecular weight excluding hydrogens is 184 g/mol. The highest BCUT2D eigenvalue weighted by atomic mass is 16.1.